The second kappa shape index (κ2) is 7.92. The molecule has 0 radical (unpaired) electrons. The molecule has 0 spiro atoms. The second-order valence-corrected chi connectivity index (χ2v) is 7.69. The molecular formula is C20H21ClN8O. The first-order valence-electron chi connectivity index (χ1n) is 9.81. The zero-order valence-electron chi connectivity index (χ0n) is 16.3. The zero-order valence-corrected chi connectivity index (χ0v) is 17.0. The van der Waals surface area contributed by atoms with Gasteiger partial charge in [0.25, 0.3) is 5.78 Å². The Hall–Kier alpha value is -3.17. The summed E-state index contributed by atoms with van der Waals surface area (Å²) in [7, 11) is 0. The molecule has 10 heteroatoms. The third kappa shape index (κ3) is 3.81. The molecule has 1 aliphatic rings. The lowest BCUT2D eigenvalue weighted by atomic mass is 10.2. The monoisotopic (exact) mass is 424 g/mol. The van der Waals surface area contributed by atoms with Crippen LogP contribution >= 0.6 is 11.6 Å². The summed E-state index contributed by atoms with van der Waals surface area (Å²) in [6.45, 7) is 4.41. The van der Waals surface area contributed by atoms with Crippen molar-refractivity contribution in [3.05, 3.63) is 53.2 Å². The van der Waals surface area contributed by atoms with Crippen molar-refractivity contribution in [1.29, 1.82) is 0 Å². The van der Waals surface area contributed by atoms with E-state index >= 15 is 0 Å². The number of furan rings is 1. The molecule has 4 heterocycles. The highest BCUT2D eigenvalue weighted by atomic mass is 35.5. The van der Waals surface area contributed by atoms with Crippen molar-refractivity contribution in [3.8, 4) is 11.6 Å². The quantitative estimate of drug-likeness (QED) is 0.533. The van der Waals surface area contributed by atoms with E-state index in [9.17, 15) is 0 Å². The predicted molar refractivity (Wildman–Crippen MR) is 114 cm³/mol. The second-order valence-electron chi connectivity index (χ2n) is 7.25. The van der Waals surface area contributed by atoms with Gasteiger partial charge in [-0.1, -0.05) is 23.7 Å². The Labute approximate surface area is 178 Å². The average molecular weight is 425 g/mol. The van der Waals surface area contributed by atoms with Crippen LogP contribution in [-0.4, -0.2) is 55.6 Å². The molecular weight excluding hydrogens is 404 g/mol. The van der Waals surface area contributed by atoms with Crippen LogP contribution in [0.15, 0.2) is 47.1 Å². The van der Waals surface area contributed by atoms with Gasteiger partial charge >= 0.3 is 0 Å². The van der Waals surface area contributed by atoms with E-state index in [1.807, 2.05) is 18.2 Å². The lowest BCUT2D eigenvalue weighted by molar-refractivity contribution is 0.285. The van der Waals surface area contributed by atoms with Crippen LogP contribution in [0.1, 0.15) is 12.0 Å². The van der Waals surface area contributed by atoms with Gasteiger partial charge in [0.2, 0.25) is 17.7 Å². The number of benzene rings is 1. The Balaban J connectivity index is 1.34. The van der Waals surface area contributed by atoms with E-state index in [0.29, 0.717) is 23.3 Å². The maximum atomic E-state index is 6.14. The molecule has 1 aromatic carbocycles. The standard InChI is InChI=1S/C20H21ClN8O/c21-15-5-1-4-14(12-15)13-27-7-3-8-28(10-9-27)19-24-18(22)29-20(25-19)23-17(26-29)16-6-2-11-30-16/h1-2,4-6,11-12H,3,7-10,13H2,(H2,22,23,24,25,26). The van der Waals surface area contributed by atoms with E-state index in [1.54, 1.807) is 18.4 Å². The summed E-state index contributed by atoms with van der Waals surface area (Å²) in [6.07, 6.45) is 2.58. The molecule has 30 heavy (non-hydrogen) atoms. The van der Waals surface area contributed by atoms with Crippen molar-refractivity contribution in [2.75, 3.05) is 36.8 Å². The summed E-state index contributed by atoms with van der Waals surface area (Å²) in [4.78, 5) is 18.1. The average Bonchev–Trinajstić information content (AvgIpc) is 3.35. The number of nitrogens with zero attached hydrogens (tertiary/aromatic N) is 7. The van der Waals surface area contributed by atoms with Crippen LogP contribution in [0.4, 0.5) is 11.9 Å². The fraction of sp³-hybridized carbons (Fsp3) is 0.300. The Bertz CT molecular complexity index is 1160. The minimum Gasteiger partial charge on any atom is -0.461 e. The van der Waals surface area contributed by atoms with Crippen LogP contribution in [0.5, 0.6) is 0 Å². The number of rotatable bonds is 4. The summed E-state index contributed by atoms with van der Waals surface area (Å²) < 4.78 is 6.80. The molecule has 0 aliphatic carbocycles. The van der Waals surface area contributed by atoms with Crippen molar-refractivity contribution in [1.82, 2.24) is 29.5 Å². The molecule has 1 fully saturated rings. The van der Waals surface area contributed by atoms with Crippen LogP contribution in [0.3, 0.4) is 0 Å². The smallest absolute Gasteiger partial charge is 0.259 e. The van der Waals surface area contributed by atoms with Crippen molar-refractivity contribution >= 4 is 29.3 Å². The van der Waals surface area contributed by atoms with Gasteiger partial charge in [-0.25, -0.2) is 0 Å². The molecule has 0 unspecified atom stereocenters. The molecule has 0 amide bonds. The van der Waals surface area contributed by atoms with Crippen LogP contribution in [0.25, 0.3) is 17.4 Å². The minimum atomic E-state index is 0.250. The number of hydrogen-bond acceptors (Lipinski definition) is 8. The van der Waals surface area contributed by atoms with Crippen molar-refractivity contribution in [3.63, 3.8) is 0 Å². The van der Waals surface area contributed by atoms with Gasteiger partial charge in [0, 0.05) is 37.7 Å². The first-order chi connectivity index (χ1) is 14.7. The fourth-order valence-corrected chi connectivity index (χ4v) is 3.88. The highest BCUT2D eigenvalue weighted by Crippen LogP contribution is 2.20. The predicted octanol–water partition coefficient (Wildman–Crippen LogP) is 2.73. The van der Waals surface area contributed by atoms with Crippen LogP contribution in [0, 0.1) is 0 Å². The summed E-state index contributed by atoms with van der Waals surface area (Å²) in [5, 5.41) is 5.12. The van der Waals surface area contributed by atoms with Crippen molar-refractivity contribution in [2.24, 2.45) is 0 Å². The van der Waals surface area contributed by atoms with Gasteiger partial charge in [0.1, 0.15) is 0 Å². The number of fused-ring (bicyclic) bond motifs is 1. The summed E-state index contributed by atoms with van der Waals surface area (Å²) >= 11 is 6.12. The fourth-order valence-electron chi connectivity index (χ4n) is 3.67. The molecule has 0 saturated carbocycles. The normalized spacial score (nSPS) is 15.6. The largest absolute Gasteiger partial charge is 0.461 e. The highest BCUT2D eigenvalue weighted by Gasteiger charge is 2.20. The maximum absolute atomic E-state index is 6.14. The van der Waals surface area contributed by atoms with Gasteiger partial charge in [-0.15, -0.1) is 5.10 Å². The van der Waals surface area contributed by atoms with Gasteiger partial charge in [-0.05, 0) is 36.2 Å². The molecule has 154 valence electrons. The molecule has 9 nitrogen and oxygen atoms in total. The van der Waals surface area contributed by atoms with E-state index in [4.69, 9.17) is 21.8 Å². The van der Waals surface area contributed by atoms with Crippen LogP contribution < -0.4 is 10.6 Å². The Kier molecular flexibility index (Phi) is 4.97. The highest BCUT2D eigenvalue weighted by molar-refractivity contribution is 6.30. The lowest BCUT2D eigenvalue weighted by Crippen LogP contribution is -2.32. The Morgan fingerprint density at radius 2 is 1.97 bits per heavy atom. The number of halogens is 1. The van der Waals surface area contributed by atoms with Crippen molar-refractivity contribution in [2.45, 2.75) is 13.0 Å². The van der Waals surface area contributed by atoms with E-state index in [0.717, 1.165) is 44.2 Å². The van der Waals surface area contributed by atoms with Gasteiger partial charge in [-0.2, -0.15) is 19.5 Å². The minimum absolute atomic E-state index is 0.250. The Morgan fingerprint density at radius 1 is 1.03 bits per heavy atom. The van der Waals surface area contributed by atoms with Gasteiger partial charge in [0.15, 0.2) is 5.76 Å². The van der Waals surface area contributed by atoms with E-state index in [1.165, 1.54) is 10.1 Å². The van der Waals surface area contributed by atoms with Gasteiger partial charge in [-0.3, -0.25) is 4.90 Å². The summed E-state index contributed by atoms with van der Waals surface area (Å²) in [5.41, 5.74) is 7.36. The first kappa shape index (κ1) is 18.8. The van der Waals surface area contributed by atoms with Crippen LogP contribution in [-0.2, 0) is 6.54 Å². The molecule has 1 aliphatic heterocycles. The van der Waals surface area contributed by atoms with E-state index in [-0.39, 0.29) is 5.95 Å². The number of nitrogens with two attached hydrogens (primary N) is 1. The zero-order chi connectivity index (χ0) is 20.5. The Morgan fingerprint density at radius 3 is 2.80 bits per heavy atom. The van der Waals surface area contributed by atoms with Gasteiger partial charge < -0.3 is 15.1 Å². The maximum Gasteiger partial charge on any atom is 0.259 e. The topological polar surface area (TPSA) is 102 Å². The molecule has 4 aromatic rings. The van der Waals surface area contributed by atoms with E-state index < -0.39 is 0 Å². The van der Waals surface area contributed by atoms with Crippen molar-refractivity contribution < 1.29 is 4.42 Å². The molecule has 5 rings (SSSR count). The van der Waals surface area contributed by atoms with E-state index in [2.05, 4.69) is 35.9 Å². The molecule has 1 saturated heterocycles. The third-order valence-corrected chi connectivity index (χ3v) is 5.36. The van der Waals surface area contributed by atoms with Gasteiger partial charge in [0.05, 0.1) is 6.26 Å². The number of nitrogen functional groups attached to an aromatic ring is 1. The SMILES string of the molecule is Nc1nc(N2CCCN(Cc3cccc(Cl)c3)CC2)nc2nc(-c3ccco3)nn12. The first-order valence-corrected chi connectivity index (χ1v) is 10.2. The summed E-state index contributed by atoms with van der Waals surface area (Å²) in [6, 6.07) is 11.6. The number of hydrogen-bond donors (Lipinski definition) is 1. The number of aromatic nitrogens is 5. The van der Waals surface area contributed by atoms with Crippen LogP contribution in [0.2, 0.25) is 5.02 Å². The number of anilines is 2. The molecule has 2 N–H and O–H groups in total. The molecule has 0 atom stereocenters. The summed E-state index contributed by atoms with van der Waals surface area (Å²) in [5.74, 6) is 2.22. The lowest BCUT2D eigenvalue weighted by Gasteiger charge is -2.22. The molecule has 0 bridgehead atoms. The molecule has 3 aromatic heterocycles. The third-order valence-electron chi connectivity index (χ3n) is 5.13.